The van der Waals surface area contributed by atoms with E-state index in [9.17, 15) is 0 Å². The van der Waals surface area contributed by atoms with Crippen molar-refractivity contribution >= 4 is 60.7 Å². The van der Waals surface area contributed by atoms with Gasteiger partial charge in [0.15, 0.2) is 0 Å². The molecule has 0 saturated heterocycles. The second kappa shape index (κ2) is 10.00. The summed E-state index contributed by atoms with van der Waals surface area (Å²) >= 11 is 0. The van der Waals surface area contributed by atoms with Gasteiger partial charge in [0.2, 0.25) is 0 Å². The average Bonchev–Trinajstić information content (AvgIpc) is 3.62. The molecule has 2 aromatic heterocycles. The Hall–Kier alpha value is -5.60. The monoisotopic (exact) mass is 562 g/mol. The molecular weight excluding hydrogens is 532 g/mol. The molecule has 1 aliphatic rings. The van der Waals surface area contributed by atoms with Crippen LogP contribution in [-0.2, 0) is 0 Å². The predicted molar refractivity (Wildman–Crippen MR) is 188 cm³/mol. The van der Waals surface area contributed by atoms with Gasteiger partial charge in [-0.2, -0.15) is 0 Å². The smallest absolute Gasteiger partial charge is 0.0620 e. The van der Waals surface area contributed by atoms with E-state index in [0.717, 1.165) is 29.9 Å². The van der Waals surface area contributed by atoms with Gasteiger partial charge in [0.05, 0.1) is 16.6 Å². The van der Waals surface area contributed by atoms with E-state index in [4.69, 9.17) is 0 Å². The van der Waals surface area contributed by atoms with Crippen molar-refractivity contribution in [3.63, 3.8) is 0 Å². The molecule has 0 unspecified atom stereocenters. The molecule has 0 aliphatic heterocycles. The molecule has 9 rings (SSSR count). The Bertz CT molecular complexity index is 2290. The van der Waals surface area contributed by atoms with Gasteiger partial charge in [-0.05, 0) is 95.8 Å². The molecule has 6 aromatic carbocycles. The van der Waals surface area contributed by atoms with E-state index in [2.05, 4.69) is 167 Å². The van der Waals surface area contributed by atoms with Crippen LogP contribution in [0, 0.1) is 0 Å². The number of anilines is 3. The summed E-state index contributed by atoms with van der Waals surface area (Å²) in [5.41, 5.74) is 12.4. The minimum absolute atomic E-state index is 1.09. The average molecular weight is 563 g/mol. The molecule has 2 heteroatoms. The van der Waals surface area contributed by atoms with Gasteiger partial charge in [0.25, 0.3) is 0 Å². The van der Waals surface area contributed by atoms with Gasteiger partial charge >= 0.3 is 0 Å². The first-order valence-corrected chi connectivity index (χ1v) is 15.4. The van der Waals surface area contributed by atoms with E-state index in [1.165, 1.54) is 60.4 Å². The lowest BCUT2D eigenvalue weighted by Gasteiger charge is -2.26. The number of aromatic nitrogens is 1. The number of fused-ring (bicyclic) bond motifs is 6. The van der Waals surface area contributed by atoms with Gasteiger partial charge in [-0.3, -0.25) is 0 Å². The molecule has 0 N–H and O–H groups in total. The molecule has 44 heavy (non-hydrogen) atoms. The number of allylic oxidation sites excluding steroid dienone is 4. The van der Waals surface area contributed by atoms with Crippen LogP contribution >= 0.6 is 0 Å². The summed E-state index contributed by atoms with van der Waals surface area (Å²) in [4.78, 5) is 2.36. The summed E-state index contributed by atoms with van der Waals surface area (Å²) < 4.78 is 2.44. The van der Waals surface area contributed by atoms with E-state index >= 15 is 0 Å². The van der Waals surface area contributed by atoms with E-state index in [0.29, 0.717) is 0 Å². The molecule has 0 radical (unpaired) electrons. The molecule has 0 saturated carbocycles. The molecule has 208 valence electrons. The fourth-order valence-electron chi connectivity index (χ4n) is 7.13. The SMILES string of the molecule is C1=CCCC(c2ccc(N(c3ccccc3)c3cccc(-c4cc5c6ccccc6n6c7ccccc7c(c4)c56)c3)cc2)=C1. The third kappa shape index (κ3) is 3.88. The van der Waals surface area contributed by atoms with Crippen LogP contribution in [0.4, 0.5) is 17.1 Å². The number of hydrogen-bond donors (Lipinski definition) is 0. The van der Waals surface area contributed by atoms with E-state index in [1.807, 2.05) is 0 Å². The standard InChI is InChI=1S/C42H30N2/c1-3-12-29(13-4-1)30-22-24-34(25-23-30)43(33-15-5-2-6-16-33)35-17-11-14-31(26-35)32-27-38-36-18-7-9-20-40(36)44-41-21-10-8-19-37(41)39(28-32)42(38)44/h1-3,5-12,14-28H,4,13H2. The van der Waals surface area contributed by atoms with Crippen LogP contribution in [-0.4, -0.2) is 4.40 Å². The molecule has 0 atom stereocenters. The van der Waals surface area contributed by atoms with Crippen molar-refractivity contribution in [2.75, 3.05) is 4.90 Å². The maximum Gasteiger partial charge on any atom is 0.0620 e. The number of nitrogens with zero attached hydrogens (tertiary/aromatic N) is 2. The number of para-hydroxylation sites is 3. The van der Waals surface area contributed by atoms with Crippen LogP contribution in [0.15, 0.2) is 158 Å². The Labute approximate surface area is 256 Å². The van der Waals surface area contributed by atoms with Crippen molar-refractivity contribution in [3.8, 4) is 11.1 Å². The summed E-state index contributed by atoms with van der Waals surface area (Å²) in [6.07, 6.45) is 8.86. The Morgan fingerprint density at radius 2 is 1.11 bits per heavy atom. The fraction of sp³-hybridized carbons (Fsp3) is 0.0476. The Kier molecular flexibility index (Phi) is 5.67. The van der Waals surface area contributed by atoms with Gasteiger partial charge in [-0.15, -0.1) is 0 Å². The molecular formula is C42H30N2. The third-order valence-electron chi connectivity index (χ3n) is 9.17. The van der Waals surface area contributed by atoms with Crippen molar-refractivity contribution in [2.24, 2.45) is 0 Å². The van der Waals surface area contributed by atoms with Crippen molar-refractivity contribution in [1.29, 1.82) is 0 Å². The van der Waals surface area contributed by atoms with Crippen molar-refractivity contribution in [2.45, 2.75) is 12.8 Å². The molecule has 8 aromatic rings. The van der Waals surface area contributed by atoms with Crippen molar-refractivity contribution in [3.05, 3.63) is 163 Å². The number of benzene rings is 6. The van der Waals surface area contributed by atoms with Crippen LogP contribution in [0.25, 0.3) is 54.8 Å². The van der Waals surface area contributed by atoms with Crippen LogP contribution in [0.1, 0.15) is 18.4 Å². The lowest BCUT2D eigenvalue weighted by atomic mass is 9.97. The highest BCUT2D eigenvalue weighted by Gasteiger charge is 2.19. The Morgan fingerprint density at radius 3 is 1.80 bits per heavy atom. The zero-order chi connectivity index (χ0) is 29.0. The minimum Gasteiger partial charge on any atom is -0.310 e. The molecule has 0 amide bonds. The summed E-state index contributed by atoms with van der Waals surface area (Å²) in [5, 5.41) is 5.20. The highest BCUT2D eigenvalue weighted by molar-refractivity contribution is 6.24. The van der Waals surface area contributed by atoms with Gasteiger partial charge < -0.3 is 9.30 Å². The van der Waals surface area contributed by atoms with Crippen LogP contribution < -0.4 is 4.90 Å². The summed E-state index contributed by atoms with van der Waals surface area (Å²) in [7, 11) is 0. The topological polar surface area (TPSA) is 7.65 Å². The Balaban J connectivity index is 1.21. The third-order valence-corrected chi connectivity index (χ3v) is 9.17. The second-order valence-corrected chi connectivity index (χ2v) is 11.7. The quantitative estimate of drug-likeness (QED) is 0.202. The normalized spacial score (nSPS) is 13.3. The summed E-state index contributed by atoms with van der Waals surface area (Å²) in [6.45, 7) is 0. The maximum absolute atomic E-state index is 2.44. The lowest BCUT2D eigenvalue weighted by molar-refractivity contribution is 1.05. The molecule has 2 nitrogen and oxygen atoms in total. The highest BCUT2D eigenvalue weighted by Crippen LogP contribution is 2.43. The molecule has 0 bridgehead atoms. The molecule has 2 heterocycles. The zero-order valence-electron chi connectivity index (χ0n) is 24.3. The van der Waals surface area contributed by atoms with Gasteiger partial charge in [-0.25, -0.2) is 0 Å². The van der Waals surface area contributed by atoms with E-state index in [1.54, 1.807) is 0 Å². The molecule has 0 spiro atoms. The first-order chi connectivity index (χ1) is 21.8. The zero-order valence-corrected chi connectivity index (χ0v) is 24.3. The predicted octanol–water partition coefficient (Wildman–Crippen LogP) is 11.7. The summed E-state index contributed by atoms with van der Waals surface area (Å²) in [6, 6.07) is 51.1. The van der Waals surface area contributed by atoms with Crippen molar-refractivity contribution < 1.29 is 0 Å². The number of rotatable bonds is 5. The maximum atomic E-state index is 2.44. The number of hydrogen-bond acceptors (Lipinski definition) is 1. The highest BCUT2D eigenvalue weighted by atomic mass is 15.1. The summed E-state index contributed by atoms with van der Waals surface area (Å²) in [5.74, 6) is 0. The first-order valence-electron chi connectivity index (χ1n) is 15.4. The first kappa shape index (κ1) is 24.9. The van der Waals surface area contributed by atoms with Crippen LogP contribution in [0.3, 0.4) is 0 Å². The van der Waals surface area contributed by atoms with E-state index in [-0.39, 0.29) is 0 Å². The minimum atomic E-state index is 1.09. The van der Waals surface area contributed by atoms with Crippen LogP contribution in [0.2, 0.25) is 0 Å². The van der Waals surface area contributed by atoms with E-state index < -0.39 is 0 Å². The fourth-order valence-corrected chi connectivity index (χ4v) is 7.13. The molecule has 0 fully saturated rings. The van der Waals surface area contributed by atoms with Gasteiger partial charge in [-0.1, -0.05) is 97.1 Å². The second-order valence-electron chi connectivity index (χ2n) is 11.7. The van der Waals surface area contributed by atoms with Crippen LogP contribution in [0.5, 0.6) is 0 Å². The van der Waals surface area contributed by atoms with Gasteiger partial charge in [0, 0.05) is 38.6 Å². The largest absolute Gasteiger partial charge is 0.310 e. The lowest BCUT2D eigenvalue weighted by Crippen LogP contribution is -2.10. The van der Waals surface area contributed by atoms with Gasteiger partial charge in [0.1, 0.15) is 0 Å². The Morgan fingerprint density at radius 1 is 0.477 bits per heavy atom. The van der Waals surface area contributed by atoms with Crippen molar-refractivity contribution in [1.82, 2.24) is 4.40 Å². The molecule has 1 aliphatic carbocycles.